The molecule has 0 aliphatic rings. The van der Waals surface area contributed by atoms with Gasteiger partial charge in [0.2, 0.25) is 10.0 Å². The van der Waals surface area contributed by atoms with Crippen molar-refractivity contribution < 1.29 is 21.6 Å². The summed E-state index contributed by atoms with van der Waals surface area (Å²) in [6.07, 6.45) is -2.50. The Hall–Kier alpha value is -0.800. The molecule has 10 heteroatoms. The minimum Gasteiger partial charge on any atom is -0.274 e. The Balaban J connectivity index is 3.04. The van der Waals surface area contributed by atoms with Gasteiger partial charge in [-0.25, -0.2) is 8.42 Å². The number of hydrogen-bond donors (Lipinski definition) is 0. The molecule has 18 heavy (non-hydrogen) atoms. The number of aryl methyl sites for hydroxylation is 1. The fourth-order valence-electron chi connectivity index (χ4n) is 1.26. The number of nitrogens with zero attached hydrogens (tertiary/aromatic N) is 3. The summed E-state index contributed by atoms with van der Waals surface area (Å²) in [7, 11) is -2.76. The van der Waals surface area contributed by atoms with Gasteiger partial charge in [0, 0.05) is 25.7 Å². The predicted molar refractivity (Wildman–Crippen MR) is 58.7 cm³/mol. The topological polar surface area (TPSA) is 55.2 Å². The van der Waals surface area contributed by atoms with Crippen LogP contribution in [0.3, 0.4) is 0 Å². The van der Waals surface area contributed by atoms with Crippen molar-refractivity contribution in [2.45, 2.75) is 11.1 Å². The van der Waals surface area contributed by atoms with Crippen LogP contribution in [0.4, 0.5) is 13.2 Å². The van der Waals surface area contributed by atoms with E-state index in [4.69, 9.17) is 11.6 Å². The van der Waals surface area contributed by atoms with E-state index < -0.39 is 29.3 Å². The highest BCUT2D eigenvalue weighted by Crippen LogP contribution is 2.22. The lowest BCUT2D eigenvalue weighted by Gasteiger charge is -2.21. The van der Waals surface area contributed by atoms with Crippen LogP contribution in [0.15, 0.2) is 17.3 Å². The van der Waals surface area contributed by atoms with Crippen molar-refractivity contribution in [3.8, 4) is 0 Å². The van der Waals surface area contributed by atoms with Crippen LogP contribution in [0.25, 0.3) is 0 Å². The van der Waals surface area contributed by atoms with Gasteiger partial charge in [-0.15, -0.1) is 11.6 Å². The van der Waals surface area contributed by atoms with E-state index in [0.29, 0.717) is 0 Å². The lowest BCUT2D eigenvalue weighted by molar-refractivity contribution is -0.135. The van der Waals surface area contributed by atoms with E-state index in [0.717, 1.165) is 12.4 Å². The van der Waals surface area contributed by atoms with Gasteiger partial charge in [-0.3, -0.25) is 4.68 Å². The van der Waals surface area contributed by atoms with Crippen molar-refractivity contribution in [1.82, 2.24) is 14.1 Å². The summed E-state index contributed by atoms with van der Waals surface area (Å²) < 4.78 is 62.3. The highest BCUT2D eigenvalue weighted by atomic mass is 35.5. The molecule has 1 aromatic rings. The SMILES string of the molecule is Cn1cc(S(=O)(=O)N(CCCl)CC(F)(F)F)cn1. The van der Waals surface area contributed by atoms with Gasteiger partial charge in [0.25, 0.3) is 0 Å². The summed E-state index contributed by atoms with van der Waals surface area (Å²) in [5, 5.41) is 3.62. The fraction of sp³-hybridized carbons (Fsp3) is 0.625. The van der Waals surface area contributed by atoms with Crippen LogP contribution < -0.4 is 0 Å². The summed E-state index contributed by atoms with van der Waals surface area (Å²) >= 11 is 5.33. The van der Waals surface area contributed by atoms with Gasteiger partial charge >= 0.3 is 6.18 Å². The van der Waals surface area contributed by atoms with Crippen molar-refractivity contribution in [3.63, 3.8) is 0 Å². The van der Waals surface area contributed by atoms with E-state index >= 15 is 0 Å². The normalized spacial score (nSPS) is 13.2. The maximum Gasteiger partial charge on any atom is 0.402 e. The van der Waals surface area contributed by atoms with E-state index in [1.807, 2.05) is 0 Å². The van der Waals surface area contributed by atoms with Crippen molar-refractivity contribution in [2.75, 3.05) is 19.0 Å². The molecular formula is C8H11ClF3N3O2S. The average Bonchev–Trinajstić information content (AvgIpc) is 2.63. The zero-order valence-corrected chi connectivity index (χ0v) is 10.9. The molecule has 1 rings (SSSR count). The largest absolute Gasteiger partial charge is 0.402 e. The van der Waals surface area contributed by atoms with E-state index in [-0.39, 0.29) is 15.1 Å². The molecule has 0 unspecified atom stereocenters. The second-order valence-corrected chi connectivity index (χ2v) is 5.81. The molecule has 0 aliphatic heterocycles. The van der Waals surface area contributed by atoms with Crippen LogP contribution in [0.2, 0.25) is 0 Å². The van der Waals surface area contributed by atoms with Gasteiger partial charge in [-0.05, 0) is 0 Å². The third kappa shape index (κ3) is 3.85. The van der Waals surface area contributed by atoms with Gasteiger partial charge < -0.3 is 0 Å². The first-order valence-electron chi connectivity index (χ1n) is 4.78. The van der Waals surface area contributed by atoms with Gasteiger partial charge in [-0.1, -0.05) is 0 Å². The van der Waals surface area contributed by atoms with Gasteiger partial charge in [0.05, 0.1) is 6.20 Å². The molecule has 104 valence electrons. The molecule has 0 saturated heterocycles. The van der Waals surface area contributed by atoms with Crippen LogP contribution in [0.1, 0.15) is 0 Å². The van der Waals surface area contributed by atoms with Crippen molar-refractivity contribution >= 4 is 21.6 Å². The van der Waals surface area contributed by atoms with Crippen molar-refractivity contribution in [1.29, 1.82) is 0 Å². The van der Waals surface area contributed by atoms with Crippen LogP contribution in [0.5, 0.6) is 0 Å². The molecule has 0 radical (unpaired) electrons. The molecule has 1 aromatic heterocycles. The monoisotopic (exact) mass is 305 g/mol. The van der Waals surface area contributed by atoms with Crippen LogP contribution >= 0.6 is 11.6 Å². The molecule has 0 saturated carbocycles. The third-order valence-electron chi connectivity index (χ3n) is 2.01. The van der Waals surface area contributed by atoms with Crippen LogP contribution in [-0.4, -0.2) is 47.6 Å². The summed E-state index contributed by atoms with van der Waals surface area (Å²) in [5.74, 6) is -0.227. The molecule has 0 spiro atoms. The molecule has 0 N–H and O–H groups in total. The second kappa shape index (κ2) is 5.45. The Labute approximate surface area is 107 Å². The Morgan fingerprint density at radius 2 is 2.11 bits per heavy atom. The van der Waals surface area contributed by atoms with E-state index in [2.05, 4.69) is 5.10 Å². The zero-order chi connectivity index (χ0) is 14.0. The first-order valence-corrected chi connectivity index (χ1v) is 6.76. The maximum atomic E-state index is 12.3. The lowest BCUT2D eigenvalue weighted by Crippen LogP contribution is -2.40. The predicted octanol–water partition coefficient (Wildman–Crippen LogP) is 1.21. The Bertz CT molecular complexity index is 500. The van der Waals surface area contributed by atoms with Gasteiger partial charge in [-0.2, -0.15) is 22.6 Å². The number of aromatic nitrogens is 2. The fourth-order valence-corrected chi connectivity index (χ4v) is 2.98. The Morgan fingerprint density at radius 1 is 1.50 bits per heavy atom. The maximum absolute atomic E-state index is 12.3. The highest BCUT2D eigenvalue weighted by Gasteiger charge is 2.37. The molecule has 5 nitrogen and oxygen atoms in total. The van der Waals surface area contributed by atoms with Crippen LogP contribution in [0, 0.1) is 0 Å². The minimum atomic E-state index is -4.62. The number of alkyl halides is 4. The van der Waals surface area contributed by atoms with Crippen molar-refractivity contribution in [3.05, 3.63) is 12.4 Å². The smallest absolute Gasteiger partial charge is 0.274 e. The van der Waals surface area contributed by atoms with E-state index in [9.17, 15) is 21.6 Å². The number of sulfonamides is 1. The molecule has 0 atom stereocenters. The molecular weight excluding hydrogens is 295 g/mol. The Morgan fingerprint density at radius 3 is 2.50 bits per heavy atom. The second-order valence-electron chi connectivity index (χ2n) is 3.49. The number of halogens is 4. The average molecular weight is 306 g/mol. The quantitative estimate of drug-likeness (QED) is 0.768. The third-order valence-corrected chi connectivity index (χ3v) is 3.98. The molecule has 0 bridgehead atoms. The summed E-state index contributed by atoms with van der Waals surface area (Å²) in [6.45, 7) is -1.99. The number of rotatable bonds is 5. The summed E-state index contributed by atoms with van der Waals surface area (Å²) in [5.41, 5.74) is 0. The van der Waals surface area contributed by atoms with Gasteiger partial charge in [0.15, 0.2) is 0 Å². The lowest BCUT2D eigenvalue weighted by atomic mass is 10.6. The summed E-state index contributed by atoms with van der Waals surface area (Å²) in [6, 6.07) is 0. The first kappa shape index (κ1) is 15.3. The summed E-state index contributed by atoms with van der Waals surface area (Å²) in [4.78, 5) is -0.292. The first-order chi connectivity index (χ1) is 8.16. The molecule has 0 fully saturated rings. The molecule has 0 amide bonds. The van der Waals surface area contributed by atoms with E-state index in [1.165, 1.54) is 11.7 Å². The molecule has 0 aromatic carbocycles. The highest BCUT2D eigenvalue weighted by molar-refractivity contribution is 7.89. The number of hydrogen-bond acceptors (Lipinski definition) is 3. The van der Waals surface area contributed by atoms with E-state index in [1.54, 1.807) is 0 Å². The van der Waals surface area contributed by atoms with Crippen molar-refractivity contribution in [2.24, 2.45) is 7.05 Å². The zero-order valence-electron chi connectivity index (χ0n) is 9.35. The standard InChI is InChI=1S/C8H11ClF3N3O2S/c1-14-5-7(4-13-14)18(16,17)15(3-2-9)6-8(10,11)12/h4-5H,2-3,6H2,1H3. The van der Waals surface area contributed by atoms with Gasteiger partial charge in [0.1, 0.15) is 11.4 Å². The molecule has 1 heterocycles. The minimum absolute atomic E-state index is 0.227. The Kier molecular flexibility index (Phi) is 4.62. The molecule has 0 aliphatic carbocycles. The van der Waals surface area contributed by atoms with Crippen LogP contribution in [-0.2, 0) is 17.1 Å².